The van der Waals surface area contributed by atoms with Crippen LogP contribution in [-0.2, 0) is 24.2 Å². The number of nitrogens with zero attached hydrogens (tertiary/aromatic N) is 3. The molecule has 0 radical (unpaired) electrons. The number of hydrogen-bond donors (Lipinski definition) is 2. The number of fused-ring (bicyclic) bond motifs is 5. The molecule has 3 heterocycles. The molecule has 2 aromatic heterocycles. The van der Waals surface area contributed by atoms with Crippen molar-refractivity contribution in [2.24, 2.45) is 5.92 Å². The molecule has 31 heavy (non-hydrogen) atoms. The van der Waals surface area contributed by atoms with Crippen molar-refractivity contribution in [1.82, 2.24) is 25.4 Å². The first-order valence-electron chi connectivity index (χ1n) is 10.9. The van der Waals surface area contributed by atoms with Gasteiger partial charge in [0.15, 0.2) is 5.82 Å². The molecule has 2 N–H and O–H groups in total. The summed E-state index contributed by atoms with van der Waals surface area (Å²) >= 11 is 8.42. The predicted molar refractivity (Wildman–Crippen MR) is 121 cm³/mol. The van der Waals surface area contributed by atoms with Crippen LogP contribution in [0.25, 0.3) is 5.00 Å². The molecule has 1 amide bonds. The first kappa shape index (κ1) is 19.5. The van der Waals surface area contributed by atoms with Gasteiger partial charge in [0.05, 0.1) is 12.6 Å². The van der Waals surface area contributed by atoms with Gasteiger partial charge in [-0.05, 0) is 56.2 Å². The quantitative estimate of drug-likeness (QED) is 0.631. The smallest absolute Gasteiger partial charge is 0.224 e. The molecular weight excluding hydrogens is 430 g/mol. The lowest BCUT2D eigenvalue weighted by Crippen LogP contribution is -2.42. The van der Waals surface area contributed by atoms with Crippen molar-refractivity contribution in [2.75, 3.05) is 0 Å². The number of aromatic nitrogens is 3. The lowest BCUT2D eigenvalue weighted by molar-refractivity contribution is -0.125. The molecule has 1 aliphatic heterocycles. The van der Waals surface area contributed by atoms with Crippen molar-refractivity contribution in [3.63, 3.8) is 0 Å². The molecule has 2 aliphatic carbocycles. The van der Waals surface area contributed by atoms with E-state index in [2.05, 4.69) is 31.5 Å². The van der Waals surface area contributed by atoms with E-state index in [0.29, 0.717) is 12.6 Å². The summed E-state index contributed by atoms with van der Waals surface area (Å²) < 4.78 is 2.17. The summed E-state index contributed by atoms with van der Waals surface area (Å²) in [7, 11) is 0. The number of amides is 1. The molecule has 2 atom stereocenters. The fourth-order valence-electron chi connectivity index (χ4n) is 5.02. The summed E-state index contributed by atoms with van der Waals surface area (Å²) in [6.07, 6.45) is 5.03. The van der Waals surface area contributed by atoms with Crippen LogP contribution in [0.2, 0.25) is 5.02 Å². The summed E-state index contributed by atoms with van der Waals surface area (Å²) in [5, 5.41) is 17.6. The van der Waals surface area contributed by atoms with E-state index in [1.807, 2.05) is 25.1 Å². The summed E-state index contributed by atoms with van der Waals surface area (Å²) in [4.78, 5) is 14.2. The third-order valence-electron chi connectivity index (χ3n) is 6.88. The highest BCUT2D eigenvalue weighted by Crippen LogP contribution is 2.47. The number of halogens is 1. The molecule has 3 aliphatic rings. The fraction of sp³-hybridized carbons (Fsp3) is 0.435. The second-order valence-electron chi connectivity index (χ2n) is 8.80. The standard InChI is InChI=1S/C23H24ClN5OS/c1-12-27-28-19-11-25-21(15-7-2-3-8-17(15)24)20-16-9-13(22(30)26-14-5-4-6-14)10-18(16)31-23(20)29(12)19/h2-3,7-8,13-14,21,25H,4-6,9-11H2,1H3,(H,26,30)/t13-,21-/m0/s1. The topological polar surface area (TPSA) is 71.8 Å². The van der Waals surface area contributed by atoms with E-state index in [1.165, 1.54) is 22.4 Å². The number of hydrogen-bond acceptors (Lipinski definition) is 5. The molecule has 0 bridgehead atoms. The average molecular weight is 454 g/mol. The first-order chi connectivity index (χ1) is 15.1. The Kier molecular flexibility index (Phi) is 4.67. The maximum Gasteiger partial charge on any atom is 0.224 e. The SMILES string of the molecule is Cc1nnc2n1-c1sc3c(c1[C@H](c1ccccc1Cl)NC2)C[C@H](C(=O)NC1CCC1)C3. The molecule has 0 spiro atoms. The molecule has 6 rings (SSSR count). The Balaban J connectivity index is 1.43. The Morgan fingerprint density at radius 2 is 2.10 bits per heavy atom. The lowest BCUT2D eigenvalue weighted by Gasteiger charge is -2.27. The Morgan fingerprint density at radius 3 is 2.87 bits per heavy atom. The number of nitrogens with one attached hydrogen (secondary N) is 2. The molecule has 0 unspecified atom stereocenters. The fourth-order valence-corrected chi connectivity index (χ4v) is 6.78. The van der Waals surface area contributed by atoms with E-state index in [1.54, 1.807) is 11.3 Å². The zero-order valence-electron chi connectivity index (χ0n) is 17.3. The van der Waals surface area contributed by atoms with Gasteiger partial charge < -0.3 is 5.32 Å². The van der Waals surface area contributed by atoms with Gasteiger partial charge in [0, 0.05) is 27.4 Å². The highest BCUT2D eigenvalue weighted by Gasteiger charge is 2.39. The molecule has 1 saturated carbocycles. The van der Waals surface area contributed by atoms with E-state index in [-0.39, 0.29) is 17.9 Å². The predicted octanol–water partition coefficient (Wildman–Crippen LogP) is 3.87. The Labute approximate surface area is 190 Å². The van der Waals surface area contributed by atoms with E-state index in [9.17, 15) is 4.79 Å². The molecule has 6 nitrogen and oxygen atoms in total. The van der Waals surface area contributed by atoms with Crippen molar-refractivity contribution < 1.29 is 4.79 Å². The van der Waals surface area contributed by atoms with Gasteiger partial charge in [-0.1, -0.05) is 29.8 Å². The lowest BCUT2D eigenvalue weighted by atomic mass is 9.91. The maximum atomic E-state index is 12.9. The Morgan fingerprint density at radius 1 is 1.26 bits per heavy atom. The van der Waals surface area contributed by atoms with Crippen molar-refractivity contribution in [1.29, 1.82) is 0 Å². The summed E-state index contributed by atoms with van der Waals surface area (Å²) in [5.41, 5.74) is 3.59. The van der Waals surface area contributed by atoms with Gasteiger partial charge in [0.2, 0.25) is 5.91 Å². The van der Waals surface area contributed by atoms with Crippen LogP contribution in [0.5, 0.6) is 0 Å². The minimum absolute atomic E-state index is 0.0174. The van der Waals surface area contributed by atoms with E-state index in [0.717, 1.165) is 52.9 Å². The molecule has 160 valence electrons. The third kappa shape index (κ3) is 3.13. The zero-order valence-corrected chi connectivity index (χ0v) is 18.9. The minimum atomic E-state index is -0.0433. The van der Waals surface area contributed by atoms with Crippen molar-refractivity contribution >= 4 is 28.8 Å². The number of thiophene rings is 1. The zero-order chi connectivity index (χ0) is 21.1. The van der Waals surface area contributed by atoms with E-state index in [4.69, 9.17) is 11.6 Å². The largest absolute Gasteiger partial charge is 0.353 e. The number of carbonyl (C=O) groups excluding carboxylic acids is 1. The van der Waals surface area contributed by atoms with Crippen LogP contribution >= 0.6 is 22.9 Å². The molecule has 1 fully saturated rings. The minimum Gasteiger partial charge on any atom is -0.353 e. The summed E-state index contributed by atoms with van der Waals surface area (Å²) in [6.45, 7) is 2.61. The van der Waals surface area contributed by atoms with Gasteiger partial charge in [0.25, 0.3) is 0 Å². The van der Waals surface area contributed by atoms with Crippen LogP contribution in [0.4, 0.5) is 0 Å². The molecule has 8 heteroatoms. The van der Waals surface area contributed by atoms with Crippen LogP contribution in [0.3, 0.4) is 0 Å². The van der Waals surface area contributed by atoms with Gasteiger partial charge in [-0.3, -0.25) is 14.7 Å². The number of benzene rings is 1. The van der Waals surface area contributed by atoms with Crippen LogP contribution < -0.4 is 10.6 Å². The monoisotopic (exact) mass is 453 g/mol. The van der Waals surface area contributed by atoms with Gasteiger partial charge in [-0.25, -0.2) is 0 Å². The highest BCUT2D eigenvalue weighted by molar-refractivity contribution is 7.15. The molecule has 3 aromatic rings. The molecule has 1 aromatic carbocycles. The average Bonchev–Trinajstić information content (AvgIpc) is 3.36. The van der Waals surface area contributed by atoms with E-state index >= 15 is 0 Å². The first-order valence-corrected chi connectivity index (χ1v) is 12.1. The maximum absolute atomic E-state index is 12.9. The number of rotatable bonds is 3. The van der Waals surface area contributed by atoms with Gasteiger partial charge >= 0.3 is 0 Å². The summed E-state index contributed by atoms with van der Waals surface area (Å²) in [5.74, 6) is 2.02. The normalized spacial score (nSPS) is 22.3. The Hall–Kier alpha value is -2.22. The van der Waals surface area contributed by atoms with Crippen LogP contribution in [-0.4, -0.2) is 26.7 Å². The second-order valence-corrected chi connectivity index (χ2v) is 10.3. The van der Waals surface area contributed by atoms with Crippen LogP contribution in [0.15, 0.2) is 24.3 Å². The molecule has 0 saturated heterocycles. The van der Waals surface area contributed by atoms with Crippen LogP contribution in [0, 0.1) is 12.8 Å². The summed E-state index contributed by atoms with van der Waals surface area (Å²) in [6, 6.07) is 8.35. The van der Waals surface area contributed by atoms with Gasteiger partial charge in [-0.2, -0.15) is 0 Å². The second kappa shape index (κ2) is 7.43. The number of aryl methyl sites for hydroxylation is 1. The van der Waals surface area contributed by atoms with Crippen molar-refractivity contribution in [3.05, 3.63) is 62.5 Å². The van der Waals surface area contributed by atoms with Crippen molar-refractivity contribution in [3.8, 4) is 5.00 Å². The van der Waals surface area contributed by atoms with E-state index < -0.39 is 0 Å². The number of carbonyl (C=O) groups is 1. The van der Waals surface area contributed by atoms with Gasteiger partial charge in [-0.15, -0.1) is 21.5 Å². The Bertz CT molecular complexity index is 1180. The highest BCUT2D eigenvalue weighted by atomic mass is 35.5. The molecular formula is C23H24ClN5OS. The van der Waals surface area contributed by atoms with Crippen molar-refractivity contribution in [2.45, 2.75) is 57.7 Å². The third-order valence-corrected chi connectivity index (χ3v) is 8.48. The van der Waals surface area contributed by atoms with Crippen LogP contribution in [0.1, 0.15) is 58.5 Å². The van der Waals surface area contributed by atoms with Gasteiger partial charge in [0.1, 0.15) is 10.8 Å².